The van der Waals surface area contributed by atoms with E-state index in [1.807, 2.05) is 24.3 Å². The summed E-state index contributed by atoms with van der Waals surface area (Å²) in [5.41, 5.74) is 23.6. The van der Waals surface area contributed by atoms with Gasteiger partial charge in [-0.25, -0.2) is 23.5 Å². The van der Waals surface area contributed by atoms with Crippen LogP contribution in [-0.4, -0.2) is 81.0 Å². The second kappa shape index (κ2) is 26.6. The van der Waals surface area contributed by atoms with Gasteiger partial charge in [-0.1, -0.05) is 71.0 Å². The molecule has 6 aromatic rings. The topological polar surface area (TPSA) is 250 Å². The molecule has 10 rings (SSSR count). The van der Waals surface area contributed by atoms with Gasteiger partial charge in [0.05, 0.1) is 45.3 Å². The van der Waals surface area contributed by atoms with Crippen molar-refractivity contribution in [3.05, 3.63) is 175 Å². The van der Waals surface area contributed by atoms with Crippen LogP contribution in [-0.2, 0) is 35.3 Å². The number of nitrogens with two attached hydrogens (primary N) is 1. The zero-order valence-corrected chi connectivity index (χ0v) is 45.3. The molecule has 0 radical (unpaired) electrons. The van der Waals surface area contributed by atoms with Gasteiger partial charge in [0.2, 0.25) is 10.2 Å². The fourth-order valence-electron chi connectivity index (χ4n) is 8.48. The number of aromatic carboxylic acids is 1. The van der Waals surface area contributed by atoms with Gasteiger partial charge in [0.25, 0.3) is 5.91 Å². The van der Waals surface area contributed by atoms with Crippen molar-refractivity contribution in [3.8, 4) is 0 Å². The lowest BCUT2D eigenvalue weighted by Crippen LogP contribution is -2.41. The highest BCUT2D eigenvalue weighted by molar-refractivity contribution is 8.14. The molecule has 2 fully saturated rings. The van der Waals surface area contributed by atoms with Crippen molar-refractivity contribution in [2.75, 3.05) is 22.4 Å². The van der Waals surface area contributed by atoms with E-state index in [0.29, 0.717) is 49.0 Å². The Morgan fingerprint density at radius 2 is 1.14 bits per heavy atom. The van der Waals surface area contributed by atoms with Crippen molar-refractivity contribution >= 4 is 128 Å². The van der Waals surface area contributed by atoms with Gasteiger partial charge >= 0.3 is 5.97 Å². The monoisotopic (exact) mass is 1170 g/mol. The molecule has 6 heterocycles. The maximum atomic E-state index is 14.6. The van der Waals surface area contributed by atoms with Gasteiger partial charge in [-0.3, -0.25) is 46.1 Å². The van der Waals surface area contributed by atoms with E-state index in [4.69, 9.17) is 58.5 Å². The van der Waals surface area contributed by atoms with Crippen molar-refractivity contribution in [2.45, 2.75) is 62.7 Å². The summed E-state index contributed by atoms with van der Waals surface area (Å²) >= 11 is 25.9. The second-order valence-corrected chi connectivity index (χ2v) is 20.9. The number of carboxylic acid groups (broad SMARTS) is 1. The largest absolute Gasteiger partial charge is 0.478 e. The molecule has 0 bridgehead atoms. The number of halogens is 5. The van der Waals surface area contributed by atoms with Crippen LogP contribution in [0.25, 0.3) is 0 Å². The standard InChI is InChI=1S/C25H22ClFN6O2S2.C21H17ClFN5O2S.C4H7NOS.ClH/c26-18-10-14(23(34)30-20-7-9-37-24(20)35)11-29-22(18)32-33-25(36)31-21-16-2-1-3-19(27)15(16)5-4-13-6-8-28-12-17(13)21;22-16-8-12(20(29)30)9-25-19(16)27-28-21(31)26-18-14-2-1-3-17(23)13(14)5-4-11-6-7-24-10-15(11)18;5-3-1-2-7-4(3)6;/h1-3,6,8,10-12,20-21H,4-5,7,9H2,(H,29,32)(H,30,34)(H2,31,33,36);1-3,6-10,18H,4-5H2,(H,25,27)(H,29,30)(H2,26,28,31);3H,1-2,5H2;1H. The van der Waals surface area contributed by atoms with Crippen LogP contribution in [0.15, 0.2) is 97.8 Å². The van der Waals surface area contributed by atoms with Gasteiger partial charge in [-0.2, -0.15) is 0 Å². The molecule has 4 aliphatic rings. The first-order chi connectivity index (χ1) is 36.1. The Morgan fingerprint density at radius 3 is 1.58 bits per heavy atom. The summed E-state index contributed by atoms with van der Waals surface area (Å²) in [6.45, 7) is 0. The third kappa shape index (κ3) is 14.2. The number of thioether (sulfide) groups is 2. The van der Waals surface area contributed by atoms with E-state index >= 15 is 0 Å². The van der Waals surface area contributed by atoms with Crippen LogP contribution in [0.1, 0.15) is 90.1 Å². The normalized spacial score (nSPS) is 17.8. The number of carboxylic acids is 1. The van der Waals surface area contributed by atoms with Crippen LogP contribution in [0.4, 0.5) is 20.4 Å². The number of benzene rings is 2. The van der Waals surface area contributed by atoms with Gasteiger partial charge in [0.1, 0.15) is 11.6 Å². The Labute approximate surface area is 470 Å². The molecule has 10 N–H and O–H groups in total. The maximum Gasteiger partial charge on any atom is 0.337 e. The molecule has 2 saturated heterocycles. The number of fused-ring (bicyclic) bond motifs is 4. The van der Waals surface area contributed by atoms with Crippen LogP contribution in [0, 0.1) is 11.6 Å². The van der Waals surface area contributed by atoms with Crippen molar-refractivity contribution in [3.63, 3.8) is 0 Å². The summed E-state index contributed by atoms with van der Waals surface area (Å²) in [6, 6.07) is 15.2. The number of hydrogen-bond donors (Lipinski definition) is 9. The SMILES string of the molecule is Cl.NC1CCSC1=O.O=C(NC1CCSC1=O)c1cnc(NNC(=S)NC2c3cnccc3CCc3c(F)cccc32)c(Cl)c1.O=C(O)c1cnc(NNC(=S)NC2c3cnccc3CCc3c(F)cccc32)c(Cl)c1. The average molecular weight is 1170 g/mol. The highest BCUT2D eigenvalue weighted by Gasteiger charge is 2.30. The molecule has 2 aromatic carbocycles. The number of pyridine rings is 4. The fraction of sp³-hybridized carbons (Fsp3) is 0.240. The van der Waals surface area contributed by atoms with Crippen LogP contribution >= 0.6 is 83.6 Å². The Bertz CT molecular complexity index is 3190. The Kier molecular flexibility index (Phi) is 20.1. The summed E-state index contributed by atoms with van der Waals surface area (Å²) in [7, 11) is 0. The molecule has 4 unspecified atom stereocenters. The predicted molar refractivity (Wildman–Crippen MR) is 301 cm³/mol. The minimum absolute atomic E-state index is 0. The molecule has 17 nitrogen and oxygen atoms in total. The molecule has 4 atom stereocenters. The number of hydrogen-bond acceptors (Lipinski definition) is 15. The lowest BCUT2D eigenvalue weighted by Gasteiger charge is -2.23. The number of aryl methyl sites for hydroxylation is 2. The average Bonchev–Trinajstić information content (AvgIpc) is 3.89. The van der Waals surface area contributed by atoms with E-state index in [1.54, 1.807) is 36.9 Å². The summed E-state index contributed by atoms with van der Waals surface area (Å²) in [5.74, 6) is 0.0229. The molecule has 2 aliphatic heterocycles. The summed E-state index contributed by atoms with van der Waals surface area (Å²) in [6.07, 6.45) is 13.5. The molecule has 1 amide bonds. The zero-order chi connectivity index (χ0) is 53.2. The first-order valence-corrected chi connectivity index (χ1v) is 26.7. The summed E-state index contributed by atoms with van der Waals surface area (Å²) < 4.78 is 29.2. The van der Waals surface area contributed by atoms with Gasteiger partial charge in [0, 0.05) is 59.8 Å². The molecule has 26 heteroatoms. The number of rotatable bonds is 9. The zero-order valence-electron chi connectivity index (χ0n) is 39.7. The van der Waals surface area contributed by atoms with Crippen LogP contribution in [0.3, 0.4) is 0 Å². The van der Waals surface area contributed by atoms with Crippen LogP contribution in [0.5, 0.6) is 0 Å². The first-order valence-electron chi connectivity index (χ1n) is 23.1. The molecule has 0 saturated carbocycles. The van der Waals surface area contributed by atoms with E-state index in [9.17, 15) is 28.0 Å². The van der Waals surface area contributed by atoms with Gasteiger partial charge in [-0.15, -0.1) is 12.4 Å². The van der Waals surface area contributed by atoms with Gasteiger partial charge in [-0.05, 0) is 133 Å². The highest BCUT2D eigenvalue weighted by atomic mass is 35.5. The lowest BCUT2D eigenvalue weighted by atomic mass is 9.96. The van der Waals surface area contributed by atoms with E-state index in [1.165, 1.54) is 60.2 Å². The van der Waals surface area contributed by atoms with Gasteiger partial charge in [0.15, 0.2) is 21.9 Å². The van der Waals surface area contributed by atoms with E-state index in [0.717, 1.165) is 45.6 Å². The number of hydrazine groups is 2. The maximum absolute atomic E-state index is 14.6. The van der Waals surface area contributed by atoms with Crippen LogP contribution in [0.2, 0.25) is 10.0 Å². The molecule has 0 spiro atoms. The Morgan fingerprint density at radius 1 is 0.658 bits per heavy atom. The number of anilines is 2. The quantitative estimate of drug-likeness (QED) is 0.0496. The number of nitrogens with one attached hydrogen (secondary N) is 7. The molecular weight excluding hydrogens is 1120 g/mol. The molecule has 396 valence electrons. The molecule has 76 heavy (non-hydrogen) atoms. The Balaban J connectivity index is 0.000000196. The second-order valence-electron chi connectivity index (χ2n) is 17.0. The van der Waals surface area contributed by atoms with Crippen molar-refractivity contribution in [1.82, 2.24) is 46.7 Å². The summed E-state index contributed by atoms with van der Waals surface area (Å²) in [4.78, 5) is 62.4. The minimum atomic E-state index is -1.13. The highest BCUT2D eigenvalue weighted by Crippen LogP contribution is 2.35. The predicted octanol–water partition coefficient (Wildman–Crippen LogP) is 7.76. The number of thiocarbonyl (C=S) groups is 2. The number of amides is 1. The fourth-order valence-corrected chi connectivity index (χ4v) is 11.1. The molecule has 2 aliphatic carbocycles. The van der Waals surface area contributed by atoms with E-state index in [2.05, 4.69) is 57.6 Å². The number of carbonyl (C=O) groups is 4. The van der Waals surface area contributed by atoms with Crippen molar-refractivity contribution in [1.29, 1.82) is 0 Å². The molecule has 4 aromatic heterocycles. The number of carbonyl (C=O) groups excluding carboxylic acids is 3. The summed E-state index contributed by atoms with van der Waals surface area (Å²) in [5, 5.41) is 19.0. The Hall–Kier alpha value is -6.31. The number of aromatic nitrogens is 4. The smallest absolute Gasteiger partial charge is 0.337 e. The first kappa shape index (κ1) is 57.4. The van der Waals surface area contributed by atoms with Crippen molar-refractivity contribution < 1.29 is 33.1 Å². The third-order valence-electron chi connectivity index (χ3n) is 12.3. The van der Waals surface area contributed by atoms with Crippen molar-refractivity contribution in [2.24, 2.45) is 5.73 Å². The lowest BCUT2D eigenvalue weighted by molar-refractivity contribution is -0.112. The number of nitrogens with zero attached hydrogens (tertiary/aromatic N) is 4. The van der Waals surface area contributed by atoms with Gasteiger partial charge < -0.3 is 26.8 Å². The van der Waals surface area contributed by atoms with E-state index < -0.39 is 30.0 Å². The van der Waals surface area contributed by atoms with E-state index in [-0.39, 0.29) is 83.3 Å². The van der Waals surface area contributed by atoms with Crippen LogP contribution < -0.4 is 43.4 Å². The minimum Gasteiger partial charge on any atom is -0.478 e. The third-order valence-corrected chi connectivity index (χ3v) is 15.3. The molecular formula is C50H47Cl3F2N12O5S4.